The SMILES string of the molecule is c1ccc(N2c3cc4ccccc4cc3-c3cccc4cccc2c34)c(-c2nc(-c3ccc4sc5ccccc5c4c3)nc(-c3ccc4sc5ccccc5c4c3)n2)c1. The predicted molar refractivity (Wildman–Crippen MR) is 251 cm³/mol. The number of hydrogen-bond donors (Lipinski definition) is 0. The topological polar surface area (TPSA) is 41.9 Å². The van der Waals surface area contributed by atoms with Gasteiger partial charge in [0.1, 0.15) is 0 Å². The van der Waals surface area contributed by atoms with Crippen molar-refractivity contribution in [3.05, 3.63) is 182 Å². The molecule has 0 unspecified atom stereocenters. The minimum Gasteiger partial charge on any atom is -0.308 e. The molecule has 0 fully saturated rings. The molecule has 1 aliphatic heterocycles. The van der Waals surface area contributed by atoms with Crippen molar-refractivity contribution in [2.24, 2.45) is 0 Å². The molecule has 59 heavy (non-hydrogen) atoms. The van der Waals surface area contributed by atoms with Crippen LogP contribution < -0.4 is 4.90 Å². The van der Waals surface area contributed by atoms with E-state index in [0.29, 0.717) is 17.5 Å². The van der Waals surface area contributed by atoms with Crippen LogP contribution in [-0.2, 0) is 0 Å². The van der Waals surface area contributed by atoms with Crippen molar-refractivity contribution in [3.63, 3.8) is 0 Å². The van der Waals surface area contributed by atoms with Gasteiger partial charge in [-0.05, 0) is 101 Å². The summed E-state index contributed by atoms with van der Waals surface area (Å²) in [6, 6.07) is 65.6. The lowest BCUT2D eigenvalue weighted by atomic mass is 9.89. The summed E-state index contributed by atoms with van der Waals surface area (Å²) in [4.78, 5) is 18.5. The van der Waals surface area contributed by atoms with E-state index in [1.807, 2.05) is 22.7 Å². The number of nitrogens with zero attached hydrogens (tertiary/aromatic N) is 4. The number of hydrogen-bond acceptors (Lipinski definition) is 6. The summed E-state index contributed by atoms with van der Waals surface area (Å²) in [5.74, 6) is 1.91. The Bertz CT molecular complexity index is 3570. The van der Waals surface area contributed by atoms with E-state index in [-0.39, 0.29) is 0 Å². The first-order valence-corrected chi connectivity index (χ1v) is 21.4. The van der Waals surface area contributed by atoms with Crippen molar-refractivity contribution < 1.29 is 0 Å². The van der Waals surface area contributed by atoms with E-state index in [1.165, 1.54) is 73.0 Å². The van der Waals surface area contributed by atoms with Crippen LogP contribution in [0.3, 0.4) is 0 Å². The smallest absolute Gasteiger partial charge is 0.166 e. The highest BCUT2D eigenvalue weighted by Crippen LogP contribution is 2.53. The van der Waals surface area contributed by atoms with Crippen LogP contribution in [0.1, 0.15) is 0 Å². The lowest BCUT2D eigenvalue weighted by Crippen LogP contribution is -2.16. The van der Waals surface area contributed by atoms with E-state index < -0.39 is 0 Å². The average Bonchev–Trinajstić information content (AvgIpc) is 3.86. The number of rotatable bonds is 4. The summed E-state index contributed by atoms with van der Waals surface area (Å²) >= 11 is 3.63. The molecule has 0 radical (unpaired) electrons. The van der Waals surface area contributed by atoms with Crippen molar-refractivity contribution >= 4 is 102 Å². The van der Waals surface area contributed by atoms with E-state index in [9.17, 15) is 0 Å². The van der Waals surface area contributed by atoms with Gasteiger partial charge in [0.15, 0.2) is 17.5 Å². The molecule has 0 aliphatic carbocycles. The minimum absolute atomic E-state index is 0.625. The molecule has 0 spiro atoms. The zero-order valence-electron chi connectivity index (χ0n) is 31.4. The lowest BCUT2D eigenvalue weighted by Gasteiger charge is -2.34. The summed E-state index contributed by atoms with van der Waals surface area (Å²) < 4.78 is 5.03. The van der Waals surface area contributed by atoms with Gasteiger partial charge >= 0.3 is 0 Å². The van der Waals surface area contributed by atoms with Gasteiger partial charge in [-0.2, -0.15) is 0 Å². The van der Waals surface area contributed by atoms with Crippen LogP contribution in [0.15, 0.2) is 182 Å². The Balaban J connectivity index is 1.07. The van der Waals surface area contributed by atoms with Crippen molar-refractivity contribution in [1.82, 2.24) is 15.0 Å². The van der Waals surface area contributed by atoms with E-state index in [1.54, 1.807) is 0 Å². The number of para-hydroxylation sites is 1. The fraction of sp³-hybridized carbons (Fsp3) is 0. The average molecular weight is 787 g/mol. The van der Waals surface area contributed by atoms with E-state index >= 15 is 0 Å². The first-order chi connectivity index (χ1) is 29.2. The highest BCUT2D eigenvalue weighted by molar-refractivity contribution is 7.26. The molecule has 9 aromatic carbocycles. The molecular weight excluding hydrogens is 757 g/mol. The third-order valence-electron chi connectivity index (χ3n) is 11.8. The van der Waals surface area contributed by atoms with Crippen LogP contribution >= 0.6 is 22.7 Å². The minimum atomic E-state index is 0.625. The molecule has 0 saturated heterocycles. The van der Waals surface area contributed by atoms with Gasteiger partial charge < -0.3 is 4.90 Å². The molecule has 13 rings (SSSR count). The Kier molecular flexibility index (Phi) is 7.02. The van der Waals surface area contributed by atoms with E-state index in [2.05, 4.69) is 187 Å². The number of benzene rings is 9. The normalized spacial score (nSPS) is 12.4. The molecule has 4 heterocycles. The van der Waals surface area contributed by atoms with Crippen molar-refractivity contribution in [2.75, 3.05) is 4.90 Å². The van der Waals surface area contributed by atoms with Gasteiger partial charge in [-0.15, -0.1) is 22.7 Å². The molecule has 274 valence electrons. The number of aromatic nitrogens is 3. The van der Waals surface area contributed by atoms with Gasteiger partial charge in [-0.25, -0.2) is 15.0 Å². The molecule has 0 amide bonds. The van der Waals surface area contributed by atoms with Crippen LogP contribution in [0.5, 0.6) is 0 Å². The second-order valence-corrected chi connectivity index (χ2v) is 17.3. The van der Waals surface area contributed by atoms with Gasteiger partial charge in [-0.3, -0.25) is 0 Å². The Morgan fingerprint density at radius 2 is 0.831 bits per heavy atom. The maximum atomic E-state index is 5.38. The van der Waals surface area contributed by atoms with Gasteiger partial charge in [0.2, 0.25) is 0 Å². The molecule has 0 saturated carbocycles. The van der Waals surface area contributed by atoms with E-state index in [4.69, 9.17) is 15.0 Å². The zero-order valence-corrected chi connectivity index (χ0v) is 33.1. The van der Waals surface area contributed by atoms with Gasteiger partial charge in [0, 0.05) is 68.0 Å². The molecule has 0 N–H and O–H groups in total. The molecule has 3 aromatic heterocycles. The molecule has 4 nitrogen and oxygen atoms in total. The first kappa shape index (κ1) is 32.8. The number of fused-ring (bicyclic) bond motifs is 9. The van der Waals surface area contributed by atoms with Crippen LogP contribution in [0.4, 0.5) is 17.1 Å². The maximum Gasteiger partial charge on any atom is 0.166 e. The highest BCUT2D eigenvalue weighted by Gasteiger charge is 2.29. The largest absolute Gasteiger partial charge is 0.308 e. The van der Waals surface area contributed by atoms with Crippen LogP contribution in [0.25, 0.3) is 107 Å². The fourth-order valence-corrected chi connectivity index (χ4v) is 11.3. The molecule has 0 bridgehead atoms. The summed E-state index contributed by atoms with van der Waals surface area (Å²) in [5.41, 5.74) is 8.55. The third kappa shape index (κ3) is 5.04. The Labute approximate surface area is 347 Å². The number of thiophene rings is 2. The standard InChI is InChI=1S/C53H30N4S2/c1-2-12-33-30-45-40(27-32(33)11-1)38-18-9-13-31-14-10-20-44(50(31)38)57(45)43-19-6-3-17-39(43)53-55-51(34-23-25-48-41(28-34)36-15-4-7-21-46(36)58-48)54-52(56-53)35-24-26-49-42(29-35)37-16-5-8-22-47(37)59-49/h1-30H. The second-order valence-electron chi connectivity index (χ2n) is 15.2. The van der Waals surface area contributed by atoms with Gasteiger partial charge in [0.05, 0.1) is 17.1 Å². The maximum absolute atomic E-state index is 5.38. The fourth-order valence-electron chi connectivity index (χ4n) is 9.09. The second kappa shape index (κ2) is 12.6. The summed E-state index contributed by atoms with van der Waals surface area (Å²) in [6.45, 7) is 0. The zero-order chi connectivity index (χ0) is 38.6. The van der Waals surface area contributed by atoms with Crippen molar-refractivity contribution in [3.8, 4) is 45.3 Å². The Hall–Kier alpha value is -7.25. The third-order valence-corrected chi connectivity index (χ3v) is 14.1. The van der Waals surface area contributed by atoms with Crippen molar-refractivity contribution in [1.29, 1.82) is 0 Å². The molecule has 1 aliphatic rings. The molecule has 6 heteroatoms. The van der Waals surface area contributed by atoms with E-state index in [0.717, 1.165) is 33.8 Å². The highest BCUT2D eigenvalue weighted by atomic mass is 32.1. The van der Waals surface area contributed by atoms with Crippen LogP contribution in [-0.4, -0.2) is 15.0 Å². The Morgan fingerprint density at radius 1 is 0.322 bits per heavy atom. The van der Waals surface area contributed by atoms with Crippen molar-refractivity contribution in [2.45, 2.75) is 0 Å². The molecule has 0 atom stereocenters. The first-order valence-electron chi connectivity index (χ1n) is 19.8. The lowest BCUT2D eigenvalue weighted by molar-refractivity contribution is 1.07. The van der Waals surface area contributed by atoms with Gasteiger partial charge in [0.25, 0.3) is 0 Å². The Morgan fingerprint density at radius 3 is 1.53 bits per heavy atom. The molecular formula is C53H30N4S2. The summed E-state index contributed by atoms with van der Waals surface area (Å²) in [7, 11) is 0. The van der Waals surface area contributed by atoms with Gasteiger partial charge in [-0.1, -0.05) is 103 Å². The number of anilines is 3. The predicted octanol–water partition coefficient (Wildman–Crippen LogP) is 15.4. The molecule has 12 aromatic rings. The monoisotopic (exact) mass is 786 g/mol. The van der Waals surface area contributed by atoms with Crippen LogP contribution in [0.2, 0.25) is 0 Å². The quantitative estimate of drug-likeness (QED) is 0.178. The van der Waals surface area contributed by atoms with Crippen LogP contribution in [0, 0.1) is 0 Å². The summed E-state index contributed by atoms with van der Waals surface area (Å²) in [5, 5.41) is 9.76. The summed E-state index contributed by atoms with van der Waals surface area (Å²) in [6.07, 6.45) is 0.